The summed E-state index contributed by atoms with van der Waals surface area (Å²) in [5.41, 5.74) is 0. The van der Waals surface area contributed by atoms with Crippen molar-refractivity contribution in [1.82, 2.24) is 0 Å². The van der Waals surface area contributed by atoms with Gasteiger partial charge in [-0.1, -0.05) is 0 Å². The third-order valence-corrected chi connectivity index (χ3v) is 12.4. The Kier molecular flexibility index (Phi) is 6.70. The molecule has 0 rings (SSSR count). The maximum absolute atomic E-state index is 9.29. The summed E-state index contributed by atoms with van der Waals surface area (Å²) in [5, 5.41) is 9.29. The van der Waals surface area contributed by atoms with Gasteiger partial charge in [-0.05, 0) is 19.6 Å². The van der Waals surface area contributed by atoms with Gasteiger partial charge in [-0.25, -0.2) is 0 Å². The second-order valence-corrected chi connectivity index (χ2v) is 14.3. The van der Waals surface area contributed by atoms with Crippen LogP contribution >= 0.6 is 0 Å². The highest BCUT2D eigenvalue weighted by atomic mass is 28.5. The molecule has 9 heteroatoms. The molecule has 0 radical (unpaired) electrons. The highest BCUT2D eigenvalue weighted by Gasteiger charge is 2.46. The molecule has 17 heavy (non-hydrogen) atoms. The van der Waals surface area contributed by atoms with Crippen LogP contribution in [0.4, 0.5) is 0 Å². The lowest BCUT2D eigenvalue weighted by molar-refractivity contribution is 0.145. The van der Waals surface area contributed by atoms with E-state index in [0.717, 1.165) is 0 Å². The second kappa shape index (κ2) is 6.54. The predicted octanol–water partition coefficient (Wildman–Crippen LogP) is 0.833. The van der Waals surface area contributed by atoms with Crippen LogP contribution in [0.25, 0.3) is 0 Å². The molecule has 0 aromatic carbocycles. The van der Waals surface area contributed by atoms with Crippen molar-refractivity contribution < 1.29 is 26.6 Å². The Labute approximate surface area is 107 Å². The average molecular weight is 301 g/mol. The molecule has 0 fully saturated rings. The van der Waals surface area contributed by atoms with E-state index in [9.17, 15) is 5.11 Å². The Hall–Kier alpha value is 0.411. The quantitative estimate of drug-likeness (QED) is 0.670. The molecule has 0 saturated carbocycles. The molecule has 0 aromatic rings. The zero-order chi connectivity index (χ0) is 13.7. The molecule has 104 valence electrons. The standard InChI is InChI=1S/C8H24O6Si3/c1-10-16(6,8-9)13-15(4,5)14-17(7,11-2)12-3/h9H,8H2,1-7H3. The smallest absolute Gasteiger partial charge is 0.414 e. The van der Waals surface area contributed by atoms with Crippen LogP contribution in [0.5, 0.6) is 0 Å². The molecule has 1 unspecified atom stereocenters. The van der Waals surface area contributed by atoms with Gasteiger partial charge in [0.15, 0.2) is 0 Å². The highest BCUT2D eigenvalue weighted by Crippen LogP contribution is 2.21. The summed E-state index contributed by atoms with van der Waals surface area (Å²) in [5.74, 6) is 0. The summed E-state index contributed by atoms with van der Waals surface area (Å²) in [6.07, 6.45) is -0.110. The fraction of sp³-hybridized carbons (Fsp3) is 1.00. The number of rotatable bonds is 8. The van der Waals surface area contributed by atoms with E-state index in [1.807, 2.05) is 13.1 Å². The van der Waals surface area contributed by atoms with E-state index in [1.54, 1.807) is 27.3 Å². The molecule has 1 atom stereocenters. The summed E-state index contributed by atoms with van der Waals surface area (Å²) >= 11 is 0. The van der Waals surface area contributed by atoms with E-state index < -0.39 is 25.9 Å². The van der Waals surface area contributed by atoms with E-state index in [1.165, 1.54) is 7.11 Å². The van der Waals surface area contributed by atoms with Gasteiger partial charge in [-0.2, -0.15) is 0 Å². The Bertz CT molecular complexity index is 207. The topological polar surface area (TPSA) is 66.4 Å². The Morgan fingerprint density at radius 3 is 1.59 bits per heavy atom. The van der Waals surface area contributed by atoms with Gasteiger partial charge in [-0.3, -0.25) is 0 Å². The first-order chi connectivity index (χ1) is 7.66. The number of hydrogen-bond acceptors (Lipinski definition) is 6. The predicted molar refractivity (Wildman–Crippen MR) is 71.0 cm³/mol. The number of aliphatic hydroxyl groups is 1. The first kappa shape index (κ1) is 17.4. The lowest BCUT2D eigenvalue weighted by atomic mass is 11.7. The molecular formula is C8H24O6Si3. The van der Waals surface area contributed by atoms with Crippen LogP contribution in [0.2, 0.25) is 26.2 Å². The van der Waals surface area contributed by atoms with Crippen LogP contribution in [0.15, 0.2) is 0 Å². The van der Waals surface area contributed by atoms with Gasteiger partial charge in [0.05, 0.1) is 6.23 Å². The molecule has 0 saturated heterocycles. The van der Waals surface area contributed by atoms with Crippen molar-refractivity contribution >= 4 is 25.9 Å². The van der Waals surface area contributed by atoms with Crippen LogP contribution in [0.1, 0.15) is 0 Å². The molecular weight excluding hydrogens is 276 g/mol. The van der Waals surface area contributed by atoms with E-state index >= 15 is 0 Å². The lowest BCUT2D eigenvalue weighted by Gasteiger charge is -2.37. The van der Waals surface area contributed by atoms with Crippen LogP contribution in [-0.2, 0) is 21.5 Å². The largest absolute Gasteiger partial charge is 0.488 e. The van der Waals surface area contributed by atoms with E-state index in [-0.39, 0.29) is 6.23 Å². The van der Waals surface area contributed by atoms with Crippen LogP contribution in [0.3, 0.4) is 0 Å². The monoisotopic (exact) mass is 300 g/mol. The molecule has 0 amide bonds. The summed E-state index contributed by atoms with van der Waals surface area (Å²) in [6, 6.07) is 0. The van der Waals surface area contributed by atoms with Crippen molar-refractivity contribution in [2.45, 2.75) is 26.2 Å². The van der Waals surface area contributed by atoms with E-state index in [2.05, 4.69) is 0 Å². The Morgan fingerprint density at radius 1 is 0.824 bits per heavy atom. The second-order valence-electron chi connectivity index (χ2n) is 4.37. The minimum absolute atomic E-state index is 0.110. The van der Waals surface area contributed by atoms with Crippen LogP contribution < -0.4 is 0 Å². The maximum Gasteiger partial charge on any atom is 0.488 e. The average Bonchev–Trinajstić information content (AvgIpc) is 2.27. The van der Waals surface area contributed by atoms with Gasteiger partial charge in [0, 0.05) is 27.9 Å². The van der Waals surface area contributed by atoms with E-state index in [0.29, 0.717) is 0 Å². The minimum Gasteiger partial charge on any atom is -0.414 e. The van der Waals surface area contributed by atoms with Gasteiger partial charge in [0.2, 0.25) is 0 Å². The molecule has 0 spiro atoms. The molecule has 0 aliphatic carbocycles. The van der Waals surface area contributed by atoms with Crippen molar-refractivity contribution in [2.75, 3.05) is 27.6 Å². The highest BCUT2D eigenvalue weighted by molar-refractivity contribution is 6.83. The first-order valence-corrected chi connectivity index (χ1v) is 12.9. The van der Waals surface area contributed by atoms with E-state index in [4.69, 9.17) is 21.5 Å². The third kappa shape index (κ3) is 5.72. The van der Waals surface area contributed by atoms with Crippen molar-refractivity contribution in [3.63, 3.8) is 0 Å². The van der Waals surface area contributed by atoms with Gasteiger partial charge in [0.25, 0.3) is 0 Å². The molecule has 0 aromatic heterocycles. The zero-order valence-electron chi connectivity index (χ0n) is 11.7. The van der Waals surface area contributed by atoms with Gasteiger partial charge in [0.1, 0.15) is 0 Å². The fourth-order valence-corrected chi connectivity index (χ4v) is 11.1. The van der Waals surface area contributed by atoms with Gasteiger partial charge in [-0.15, -0.1) is 0 Å². The molecule has 0 heterocycles. The summed E-state index contributed by atoms with van der Waals surface area (Å²) in [7, 11) is -3.01. The maximum atomic E-state index is 9.29. The summed E-state index contributed by atoms with van der Waals surface area (Å²) in [6.45, 7) is 7.37. The molecule has 6 nitrogen and oxygen atoms in total. The molecule has 0 aliphatic rings. The fourth-order valence-electron chi connectivity index (χ4n) is 1.29. The van der Waals surface area contributed by atoms with Gasteiger partial charge >= 0.3 is 25.9 Å². The molecule has 0 bridgehead atoms. The van der Waals surface area contributed by atoms with Crippen molar-refractivity contribution in [3.8, 4) is 0 Å². The number of hydrogen-bond donors (Lipinski definition) is 1. The van der Waals surface area contributed by atoms with Crippen molar-refractivity contribution in [3.05, 3.63) is 0 Å². The van der Waals surface area contributed by atoms with Crippen molar-refractivity contribution in [1.29, 1.82) is 0 Å². The lowest BCUT2D eigenvalue weighted by Crippen LogP contribution is -2.58. The third-order valence-electron chi connectivity index (χ3n) is 2.35. The summed E-state index contributed by atoms with van der Waals surface area (Å²) < 4.78 is 27.6. The van der Waals surface area contributed by atoms with Crippen LogP contribution in [0, 0.1) is 0 Å². The van der Waals surface area contributed by atoms with Gasteiger partial charge < -0.3 is 26.6 Å². The number of aliphatic hydroxyl groups excluding tert-OH is 1. The first-order valence-electron chi connectivity index (χ1n) is 5.32. The van der Waals surface area contributed by atoms with Crippen LogP contribution in [-0.4, -0.2) is 58.6 Å². The molecule has 1 N–H and O–H groups in total. The Balaban J connectivity index is 4.68. The zero-order valence-corrected chi connectivity index (χ0v) is 14.7. The normalized spacial score (nSPS) is 16.9. The minimum atomic E-state index is -2.64. The van der Waals surface area contributed by atoms with Crippen molar-refractivity contribution in [2.24, 2.45) is 0 Å². The Morgan fingerprint density at radius 2 is 1.29 bits per heavy atom. The SMILES string of the molecule is CO[Si](C)(CO)O[Si](C)(C)O[Si](C)(OC)OC. The summed E-state index contributed by atoms with van der Waals surface area (Å²) in [4.78, 5) is 0. The molecule has 0 aliphatic heterocycles.